The summed E-state index contributed by atoms with van der Waals surface area (Å²) >= 11 is 0. The first-order valence-corrected chi connectivity index (χ1v) is 8.56. The van der Waals surface area contributed by atoms with Gasteiger partial charge in [-0.05, 0) is 42.0 Å². The van der Waals surface area contributed by atoms with Gasteiger partial charge < -0.3 is 14.8 Å². The molecule has 9 heteroatoms. The molecule has 1 amide bonds. The molecule has 146 valence electrons. The zero-order chi connectivity index (χ0) is 20.1. The number of benzene rings is 2. The number of aromatic nitrogens is 4. The van der Waals surface area contributed by atoms with Crippen LogP contribution < -0.4 is 14.8 Å². The van der Waals surface area contributed by atoms with Crippen molar-refractivity contribution in [2.24, 2.45) is 0 Å². The van der Waals surface area contributed by atoms with Crippen molar-refractivity contribution in [2.45, 2.75) is 19.5 Å². The zero-order valence-electron chi connectivity index (χ0n) is 15.7. The van der Waals surface area contributed by atoms with Crippen LogP contribution in [0, 0.1) is 5.82 Å². The van der Waals surface area contributed by atoms with Gasteiger partial charge >= 0.3 is 0 Å². The smallest absolute Gasteiger partial charge is 0.246 e. The van der Waals surface area contributed by atoms with Crippen molar-refractivity contribution in [3.05, 3.63) is 53.8 Å². The van der Waals surface area contributed by atoms with Crippen molar-refractivity contribution < 1.29 is 18.7 Å². The van der Waals surface area contributed by atoms with Gasteiger partial charge in [0.15, 0.2) is 11.5 Å². The van der Waals surface area contributed by atoms with Crippen LogP contribution in [0.3, 0.4) is 0 Å². The average molecular weight is 385 g/mol. The molecule has 0 spiro atoms. The van der Waals surface area contributed by atoms with Gasteiger partial charge in [0.2, 0.25) is 11.7 Å². The molecular formula is C19H20FN5O3. The molecule has 0 bridgehead atoms. The van der Waals surface area contributed by atoms with E-state index in [1.807, 2.05) is 6.07 Å². The van der Waals surface area contributed by atoms with E-state index in [1.54, 1.807) is 45.4 Å². The molecule has 0 fully saturated rings. The highest BCUT2D eigenvalue weighted by Gasteiger charge is 2.19. The second-order valence-electron chi connectivity index (χ2n) is 6.03. The summed E-state index contributed by atoms with van der Waals surface area (Å²) in [5.74, 6) is 0.772. The van der Waals surface area contributed by atoms with Gasteiger partial charge in [0.05, 0.1) is 14.2 Å². The normalized spacial score (nSPS) is 11.7. The summed E-state index contributed by atoms with van der Waals surface area (Å²) in [5.41, 5.74) is 1.34. The first-order valence-electron chi connectivity index (χ1n) is 8.56. The van der Waals surface area contributed by atoms with Gasteiger partial charge in [-0.15, -0.1) is 10.2 Å². The molecule has 0 aliphatic carbocycles. The Hall–Kier alpha value is -3.49. The van der Waals surface area contributed by atoms with Crippen LogP contribution in [0.25, 0.3) is 11.4 Å². The second-order valence-corrected chi connectivity index (χ2v) is 6.03. The van der Waals surface area contributed by atoms with E-state index < -0.39 is 11.9 Å². The van der Waals surface area contributed by atoms with Crippen molar-refractivity contribution in [3.8, 4) is 22.9 Å². The van der Waals surface area contributed by atoms with E-state index in [1.165, 1.54) is 16.9 Å². The molecule has 1 heterocycles. The van der Waals surface area contributed by atoms with Crippen LogP contribution in [0.4, 0.5) is 4.39 Å². The van der Waals surface area contributed by atoms with Crippen LogP contribution in [-0.2, 0) is 11.3 Å². The van der Waals surface area contributed by atoms with Crippen molar-refractivity contribution in [1.29, 1.82) is 0 Å². The predicted octanol–water partition coefficient (Wildman–Crippen LogP) is 2.37. The fourth-order valence-corrected chi connectivity index (χ4v) is 2.56. The van der Waals surface area contributed by atoms with Gasteiger partial charge in [-0.3, -0.25) is 4.79 Å². The van der Waals surface area contributed by atoms with Crippen LogP contribution in [0.1, 0.15) is 18.5 Å². The number of hydrogen-bond donors (Lipinski definition) is 1. The first kappa shape index (κ1) is 19.3. The number of methoxy groups -OCH3 is 2. The SMILES string of the molecule is COc1ccc(CNC(=O)C(C)n2nnc(-c3cccc(F)c3)n2)cc1OC. The highest BCUT2D eigenvalue weighted by atomic mass is 19.1. The molecular weight excluding hydrogens is 365 g/mol. The number of carbonyl (C=O) groups is 1. The van der Waals surface area contributed by atoms with E-state index >= 15 is 0 Å². The Morgan fingerprint density at radius 1 is 1.18 bits per heavy atom. The quantitative estimate of drug-likeness (QED) is 0.671. The van der Waals surface area contributed by atoms with Crippen LogP contribution in [0.5, 0.6) is 11.5 Å². The Labute approximate surface area is 161 Å². The van der Waals surface area contributed by atoms with E-state index in [2.05, 4.69) is 20.7 Å². The van der Waals surface area contributed by atoms with Crippen molar-refractivity contribution in [1.82, 2.24) is 25.5 Å². The number of carbonyl (C=O) groups excluding carboxylic acids is 1. The summed E-state index contributed by atoms with van der Waals surface area (Å²) in [7, 11) is 3.11. The average Bonchev–Trinajstić information content (AvgIpc) is 3.21. The lowest BCUT2D eigenvalue weighted by atomic mass is 10.2. The molecule has 1 atom stereocenters. The van der Waals surface area contributed by atoms with Crippen LogP contribution in [0.15, 0.2) is 42.5 Å². The fourth-order valence-electron chi connectivity index (χ4n) is 2.56. The van der Waals surface area contributed by atoms with Crippen LogP contribution in [0.2, 0.25) is 0 Å². The predicted molar refractivity (Wildman–Crippen MR) is 99.3 cm³/mol. The van der Waals surface area contributed by atoms with Gasteiger partial charge in [-0.1, -0.05) is 18.2 Å². The third-order valence-electron chi connectivity index (χ3n) is 4.15. The molecule has 0 saturated carbocycles. The van der Waals surface area contributed by atoms with Gasteiger partial charge in [0.25, 0.3) is 0 Å². The molecule has 2 aromatic carbocycles. The topological polar surface area (TPSA) is 91.2 Å². The molecule has 1 unspecified atom stereocenters. The lowest BCUT2D eigenvalue weighted by Gasteiger charge is -2.12. The second kappa shape index (κ2) is 8.47. The van der Waals surface area contributed by atoms with Crippen molar-refractivity contribution in [2.75, 3.05) is 14.2 Å². The summed E-state index contributed by atoms with van der Waals surface area (Å²) in [4.78, 5) is 13.6. The number of halogens is 1. The minimum atomic E-state index is -0.685. The molecule has 1 N–H and O–H groups in total. The van der Waals surface area contributed by atoms with E-state index in [0.29, 0.717) is 23.6 Å². The highest BCUT2D eigenvalue weighted by molar-refractivity contribution is 5.79. The molecule has 0 saturated heterocycles. The van der Waals surface area contributed by atoms with E-state index in [9.17, 15) is 9.18 Å². The number of tetrazole rings is 1. The van der Waals surface area contributed by atoms with Crippen molar-refractivity contribution >= 4 is 5.91 Å². The maximum atomic E-state index is 13.3. The lowest BCUT2D eigenvalue weighted by molar-refractivity contribution is -0.124. The molecule has 3 rings (SSSR count). The van der Waals surface area contributed by atoms with E-state index in [0.717, 1.165) is 5.56 Å². The Morgan fingerprint density at radius 3 is 2.68 bits per heavy atom. The fraction of sp³-hybridized carbons (Fsp3) is 0.263. The number of nitrogens with zero attached hydrogens (tertiary/aromatic N) is 4. The maximum absolute atomic E-state index is 13.3. The van der Waals surface area contributed by atoms with E-state index in [4.69, 9.17) is 9.47 Å². The summed E-state index contributed by atoms with van der Waals surface area (Å²) in [6.07, 6.45) is 0. The summed E-state index contributed by atoms with van der Waals surface area (Å²) < 4.78 is 23.8. The summed E-state index contributed by atoms with van der Waals surface area (Å²) in [5, 5.41) is 14.8. The highest BCUT2D eigenvalue weighted by Crippen LogP contribution is 2.27. The zero-order valence-corrected chi connectivity index (χ0v) is 15.7. The van der Waals surface area contributed by atoms with Gasteiger partial charge in [-0.25, -0.2) is 4.39 Å². The third-order valence-corrected chi connectivity index (χ3v) is 4.15. The number of ether oxygens (including phenoxy) is 2. The number of rotatable bonds is 7. The summed E-state index contributed by atoms with van der Waals surface area (Å²) in [6, 6.07) is 10.6. The monoisotopic (exact) mass is 385 g/mol. The van der Waals surface area contributed by atoms with Crippen molar-refractivity contribution in [3.63, 3.8) is 0 Å². The van der Waals surface area contributed by atoms with Crippen LogP contribution in [-0.4, -0.2) is 40.3 Å². The third kappa shape index (κ3) is 4.25. The number of amides is 1. The Balaban J connectivity index is 1.65. The standard InChI is InChI=1S/C19H20FN5O3/c1-12(25-23-18(22-24-25)14-5-4-6-15(20)10-14)19(26)21-11-13-7-8-16(27-2)17(9-13)28-3/h4-10,12H,11H2,1-3H3,(H,21,26). The van der Waals surface area contributed by atoms with Crippen LogP contribution >= 0.6 is 0 Å². The van der Waals surface area contributed by atoms with E-state index in [-0.39, 0.29) is 11.7 Å². The minimum Gasteiger partial charge on any atom is -0.493 e. The molecule has 0 aliphatic heterocycles. The largest absolute Gasteiger partial charge is 0.493 e. The van der Waals surface area contributed by atoms with Gasteiger partial charge in [-0.2, -0.15) is 4.80 Å². The molecule has 1 aromatic heterocycles. The Kier molecular flexibility index (Phi) is 5.83. The first-order chi connectivity index (χ1) is 13.5. The number of nitrogens with one attached hydrogen (secondary N) is 1. The molecule has 3 aromatic rings. The molecule has 0 aliphatic rings. The summed E-state index contributed by atoms with van der Waals surface area (Å²) in [6.45, 7) is 1.95. The lowest BCUT2D eigenvalue weighted by Crippen LogP contribution is -2.31. The molecule has 8 nitrogen and oxygen atoms in total. The molecule has 0 radical (unpaired) electrons. The maximum Gasteiger partial charge on any atom is 0.246 e. The van der Waals surface area contributed by atoms with Gasteiger partial charge in [0, 0.05) is 12.1 Å². The number of hydrogen-bond acceptors (Lipinski definition) is 6. The molecule has 28 heavy (non-hydrogen) atoms. The Bertz CT molecular complexity index is 976. The Morgan fingerprint density at radius 2 is 1.96 bits per heavy atom. The van der Waals surface area contributed by atoms with Gasteiger partial charge in [0.1, 0.15) is 11.9 Å². The minimum absolute atomic E-state index is 0.249.